The molecule has 0 fully saturated rings. The first-order valence-corrected chi connectivity index (χ1v) is 6.09. The van der Waals surface area contributed by atoms with Gasteiger partial charge in [0.25, 0.3) is 0 Å². The van der Waals surface area contributed by atoms with E-state index in [1.54, 1.807) is 18.4 Å². The molecule has 0 aliphatic rings. The summed E-state index contributed by atoms with van der Waals surface area (Å²) in [7, 11) is 1.70. The van der Waals surface area contributed by atoms with Gasteiger partial charge in [0, 0.05) is 31.6 Å². The van der Waals surface area contributed by atoms with Gasteiger partial charge in [0.15, 0.2) is 0 Å². The minimum absolute atomic E-state index is 0.216. The maximum atomic E-state index is 8.91. The van der Waals surface area contributed by atoms with Gasteiger partial charge in [-0.1, -0.05) is 6.07 Å². The Balaban J connectivity index is 2.24. The van der Waals surface area contributed by atoms with Crippen molar-refractivity contribution in [3.8, 4) is 0 Å². The van der Waals surface area contributed by atoms with Gasteiger partial charge in [-0.2, -0.15) is 0 Å². The minimum Gasteiger partial charge on any atom is -0.395 e. The molecule has 0 amide bonds. The third kappa shape index (κ3) is 5.28. The second kappa shape index (κ2) is 7.82. The Morgan fingerprint density at radius 3 is 2.87 bits per heavy atom. The molecule has 15 heavy (non-hydrogen) atoms. The zero-order chi connectivity index (χ0) is 10.9. The summed E-state index contributed by atoms with van der Waals surface area (Å²) in [5, 5.41) is 11.0. The van der Waals surface area contributed by atoms with E-state index in [-0.39, 0.29) is 6.61 Å². The first-order chi connectivity index (χ1) is 7.36. The molecule has 0 radical (unpaired) electrons. The molecule has 1 heterocycles. The van der Waals surface area contributed by atoms with Crippen LogP contribution in [0.4, 0.5) is 0 Å². The summed E-state index contributed by atoms with van der Waals surface area (Å²) in [5.74, 6) is 0. The second-order valence-electron chi connectivity index (χ2n) is 3.39. The first-order valence-electron chi connectivity index (χ1n) is 5.21. The molecule has 4 heteroatoms. The van der Waals surface area contributed by atoms with Gasteiger partial charge in [-0.25, -0.2) is 0 Å². The summed E-state index contributed by atoms with van der Waals surface area (Å²) in [4.78, 5) is 3.62. The summed E-state index contributed by atoms with van der Waals surface area (Å²) >= 11 is 1.79. The third-order valence-electron chi connectivity index (χ3n) is 2.28. The van der Waals surface area contributed by atoms with E-state index in [2.05, 4.69) is 22.4 Å². The average molecular weight is 229 g/mol. The Bertz CT molecular complexity index is 239. The fourth-order valence-corrected chi connectivity index (χ4v) is 2.12. The van der Waals surface area contributed by atoms with Crippen LogP contribution in [0.2, 0.25) is 0 Å². The molecular formula is C11H19NO2S. The Hall–Kier alpha value is -0.420. The number of thiophene rings is 1. The Morgan fingerprint density at radius 2 is 2.27 bits per heavy atom. The van der Waals surface area contributed by atoms with Crippen molar-refractivity contribution >= 4 is 11.3 Å². The van der Waals surface area contributed by atoms with Crippen molar-refractivity contribution in [1.82, 2.24) is 4.90 Å². The van der Waals surface area contributed by atoms with Crippen LogP contribution >= 0.6 is 11.3 Å². The molecule has 0 unspecified atom stereocenters. The summed E-state index contributed by atoms with van der Waals surface area (Å²) < 4.78 is 5.03. The normalized spacial score (nSPS) is 11.1. The molecule has 1 N–H and O–H groups in total. The van der Waals surface area contributed by atoms with Crippen LogP contribution in [-0.4, -0.2) is 50.0 Å². The van der Waals surface area contributed by atoms with E-state index < -0.39 is 0 Å². The van der Waals surface area contributed by atoms with Crippen LogP contribution in [0.15, 0.2) is 17.5 Å². The second-order valence-corrected chi connectivity index (χ2v) is 4.42. The van der Waals surface area contributed by atoms with E-state index in [4.69, 9.17) is 9.84 Å². The van der Waals surface area contributed by atoms with Crippen LogP contribution in [0.5, 0.6) is 0 Å². The van der Waals surface area contributed by atoms with Gasteiger partial charge in [0.1, 0.15) is 0 Å². The van der Waals surface area contributed by atoms with E-state index >= 15 is 0 Å². The molecule has 0 aliphatic carbocycles. The summed E-state index contributed by atoms with van der Waals surface area (Å²) in [6, 6.07) is 4.23. The number of methoxy groups -OCH3 is 1. The van der Waals surface area contributed by atoms with Crippen LogP contribution in [-0.2, 0) is 11.2 Å². The number of aliphatic hydroxyl groups excluding tert-OH is 1. The zero-order valence-electron chi connectivity index (χ0n) is 9.19. The largest absolute Gasteiger partial charge is 0.395 e. The molecule has 1 aromatic heterocycles. The van der Waals surface area contributed by atoms with Gasteiger partial charge in [0.05, 0.1) is 13.2 Å². The maximum absolute atomic E-state index is 8.91. The fraction of sp³-hybridized carbons (Fsp3) is 0.636. The van der Waals surface area contributed by atoms with Crippen molar-refractivity contribution in [2.75, 3.05) is 40.0 Å². The van der Waals surface area contributed by atoms with Gasteiger partial charge >= 0.3 is 0 Å². The van der Waals surface area contributed by atoms with Gasteiger partial charge in [0.2, 0.25) is 0 Å². The highest BCUT2D eigenvalue weighted by Crippen LogP contribution is 2.09. The van der Waals surface area contributed by atoms with E-state index in [9.17, 15) is 0 Å². The number of ether oxygens (including phenoxy) is 1. The van der Waals surface area contributed by atoms with E-state index in [1.165, 1.54) is 4.88 Å². The Labute approximate surface area is 95.3 Å². The minimum atomic E-state index is 0.216. The van der Waals surface area contributed by atoms with E-state index in [0.717, 1.165) is 32.7 Å². The molecule has 0 spiro atoms. The molecule has 0 aromatic carbocycles. The molecule has 0 atom stereocenters. The molecule has 0 aliphatic heterocycles. The van der Waals surface area contributed by atoms with Gasteiger partial charge in [-0.3, -0.25) is 4.90 Å². The number of rotatable bonds is 8. The van der Waals surface area contributed by atoms with Crippen molar-refractivity contribution in [3.63, 3.8) is 0 Å². The predicted molar refractivity (Wildman–Crippen MR) is 63.4 cm³/mol. The van der Waals surface area contributed by atoms with Crippen molar-refractivity contribution in [2.24, 2.45) is 0 Å². The first kappa shape index (κ1) is 12.6. The highest BCUT2D eigenvalue weighted by Gasteiger charge is 2.04. The number of nitrogens with zero attached hydrogens (tertiary/aromatic N) is 1. The lowest BCUT2D eigenvalue weighted by molar-refractivity contribution is 0.132. The van der Waals surface area contributed by atoms with Gasteiger partial charge in [-0.15, -0.1) is 11.3 Å². The molecular weight excluding hydrogens is 210 g/mol. The topological polar surface area (TPSA) is 32.7 Å². The molecule has 3 nitrogen and oxygen atoms in total. The van der Waals surface area contributed by atoms with Crippen LogP contribution in [0.3, 0.4) is 0 Å². The van der Waals surface area contributed by atoms with Gasteiger partial charge < -0.3 is 9.84 Å². The molecule has 1 rings (SSSR count). The van der Waals surface area contributed by atoms with Crippen molar-refractivity contribution < 1.29 is 9.84 Å². The lowest BCUT2D eigenvalue weighted by Crippen LogP contribution is -2.32. The van der Waals surface area contributed by atoms with E-state index in [0.29, 0.717) is 0 Å². The van der Waals surface area contributed by atoms with Crippen LogP contribution in [0.25, 0.3) is 0 Å². The van der Waals surface area contributed by atoms with Crippen LogP contribution in [0, 0.1) is 0 Å². The van der Waals surface area contributed by atoms with E-state index in [1.807, 2.05) is 0 Å². The summed E-state index contributed by atoms with van der Waals surface area (Å²) in [6.07, 6.45) is 1.06. The zero-order valence-corrected chi connectivity index (χ0v) is 10.0. The molecule has 0 saturated carbocycles. The highest BCUT2D eigenvalue weighted by atomic mass is 32.1. The van der Waals surface area contributed by atoms with Crippen LogP contribution in [0.1, 0.15) is 4.88 Å². The fourth-order valence-electron chi connectivity index (χ4n) is 1.42. The third-order valence-corrected chi connectivity index (χ3v) is 3.22. The standard InChI is InChI=1S/C11H19NO2S/c1-14-9-7-12(6-8-13)5-4-11-3-2-10-15-11/h2-3,10,13H,4-9H2,1H3. The Morgan fingerprint density at radius 1 is 1.40 bits per heavy atom. The highest BCUT2D eigenvalue weighted by molar-refractivity contribution is 7.09. The van der Waals surface area contributed by atoms with Crippen molar-refractivity contribution in [2.45, 2.75) is 6.42 Å². The number of hydrogen-bond donors (Lipinski definition) is 1. The smallest absolute Gasteiger partial charge is 0.0589 e. The lowest BCUT2D eigenvalue weighted by atomic mass is 10.3. The maximum Gasteiger partial charge on any atom is 0.0589 e. The van der Waals surface area contributed by atoms with Crippen LogP contribution < -0.4 is 0 Å². The predicted octanol–water partition coefficient (Wildman–Crippen LogP) is 1.23. The molecule has 86 valence electrons. The van der Waals surface area contributed by atoms with Crippen molar-refractivity contribution in [3.05, 3.63) is 22.4 Å². The molecule has 1 aromatic rings. The monoisotopic (exact) mass is 229 g/mol. The SMILES string of the molecule is COCCN(CCO)CCc1cccs1. The van der Waals surface area contributed by atoms with Crippen molar-refractivity contribution in [1.29, 1.82) is 0 Å². The summed E-state index contributed by atoms with van der Waals surface area (Å²) in [5.41, 5.74) is 0. The molecule has 0 saturated heterocycles. The number of hydrogen-bond acceptors (Lipinski definition) is 4. The quantitative estimate of drug-likeness (QED) is 0.728. The summed E-state index contributed by atoms with van der Waals surface area (Å²) in [6.45, 7) is 3.56. The number of aliphatic hydroxyl groups is 1. The van der Waals surface area contributed by atoms with Gasteiger partial charge in [-0.05, 0) is 17.9 Å². The Kier molecular flexibility index (Phi) is 6.59. The molecule has 0 bridgehead atoms. The lowest BCUT2D eigenvalue weighted by Gasteiger charge is -2.20. The average Bonchev–Trinajstić information content (AvgIpc) is 2.75.